The Kier molecular flexibility index (Phi) is 8.21. The Morgan fingerprint density at radius 1 is 0.810 bits per heavy atom. The Bertz CT molecular complexity index is 1640. The van der Waals surface area contributed by atoms with E-state index in [1.165, 1.54) is 6.33 Å². The van der Waals surface area contributed by atoms with Crippen LogP contribution >= 0.6 is 0 Å². The van der Waals surface area contributed by atoms with E-state index in [0.717, 1.165) is 16.7 Å². The average molecular weight is 562 g/mol. The standard InChI is InChI=1S/C33H31N5O4/c34-22-33(29-17-16-27-32(35)36-23-37-38(27)29)31(41-20-26-14-8-3-9-15-26)30(40-19-25-12-6-2-7-13-25)28(42-33)21-39-18-24-10-4-1-5-11-24/h1-17,23,28,30-31H,18-21H2,(H2,35,36,37)/t28-,30-,31-,33+/m1/s1. The van der Waals surface area contributed by atoms with Gasteiger partial charge in [-0.15, -0.1) is 0 Å². The average Bonchev–Trinajstić information content (AvgIpc) is 3.61. The summed E-state index contributed by atoms with van der Waals surface area (Å²) in [6, 6.07) is 35.6. The van der Waals surface area contributed by atoms with E-state index >= 15 is 0 Å². The summed E-state index contributed by atoms with van der Waals surface area (Å²) in [7, 11) is 0. The number of fused-ring (bicyclic) bond motifs is 1. The molecule has 0 spiro atoms. The van der Waals surface area contributed by atoms with Gasteiger partial charge in [-0.3, -0.25) is 0 Å². The zero-order valence-electron chi connectivity index (χ0n) is 23.0. The first kappa shape index (κ1) is 27.6. The molecule has 3 aromatic carbocycles. The Morgan fingerprint density at radius 2 is 1.40 bits per heavy atom. The number of anilines is 1. The first-order valence-electron chi connectivity index (χ1n) is 13.8. The second-order valence-electron chi connectivity index (χ2n) is 10.1. The summed E-state index contributed by atoms with van der Waals surface area (Å²) in [6.07, 6.45) is -0.738. The van der Waals surface area contributed by atoms with E-state index in [0.29, 0.717) is 30.2 Å². The molecule has 1 fully saturated rings. The molecule has 6 rings (SSSR count). The highest BCUT2D eigenvalue weighted by molar-refractivity contribution is 5.66. The predicted molar refractivity (Wildman–Crippen MR) is 156 cm³/mol. The minimum atomic E-state index is -1.58. The molecule has 0 saturated carbocycles. The van der Waals surface area contributed by atoms with E-state index in [1.807, 2.05) is 91.0 Å². The maximum atomic E-state index is 10.9. The largest absolute Gasteiger partial charge is 0.382 e. The number of nitriles is 1. The lowest BCUT2D eigenvalue weighted by Crippen LogP contribution is -2.44. The van der Waals surface area contributed by atoms with Crippen LogP contribution in [0.25, 0.3) is 5.52 Å². The predicted octanol–water partition coefficient (Wildman–Crippen LogP) is 4.82. The van der Waals surface area contributed by atoms with E-state index in [-0.39, 0.29) is 13.2 Å². The van der Waals surface area contributed by atoms with Crippen LogP contribution in [-0.2, 0) is 44.4 Å². The second-order valence-corrected chi connectivity index (χ2v) is 10.1. The number of benzene rings is 3. The molecular formula is C33H31N5O4. The molecule has 9 heteroatoms. The van der Waals surface area contributed by atoms with Crippen molar-refractivity contribution in [2.45, 2.75) is 43.7 Å². The van der Waals surface area contributed by atoms with Crippen LogP contribution in [0.3, 0.4) is 0 Å². The summed E-state index contributed by atoms with van der Waals surface area (Å²) in [5.41, 5.74) is 8.59. The molecule has 9 nitrogen and oxygen atoms in total. The van der Waals surface area contributed by atoms with E-state index in [1.54, 1.807) is 16.6 Å². The number of hydrogen-bond donors (Lipinski definition) is 1. The van der Waals surface area contributed by atoms with Gasteiger partial charge in [-0.2, -0.15) is 10.4 Å². The van der Waals surface area contributed by atoms with Crippen molar-refractivity contribution in [3.63, 3.8) is 0 Å². The number of ether oxygens (including phenoxy) is 4. The third-order valence-electron chi connectivity index (χ3n) is 7.38. The molecule has 0 amide bonds. The molecule has 3 heterocycles. The van der Waals surface area contributed by atoms with Crippen molar-refractivity contribution < 1.29 is 18.9 Å². The molecule has 5 aromatic rings. The van der Waals surface area contributed by atoms with Gasteiger partial charge >= 0.3 is 0 Å². The van der Waals surface area contributed by atoms with Crippen LogP contribution in [-0.4, -0.2) is 39.5 Å². The van der Waals surface area contributed by atoms with Crippen LogP contribution in [0.4, 0.5) is 5.82 Å². The minimum Gasteiger partial charge on any atom is -0.382 e. The van der Waals surface area contributed by atoms with Gasteiger partial charge in [0.2, 0.25) is 5.60 Å². The lowest BCUT2D eigenvalue weighted by Gasteiger charge is -2.29. The Labute approximate surface area is 244 Å². The number of nitrogens with zero attached hydrogens (tertiary/aromatic N) is 4. The van der Waals surface area contributed by atoms with Crippen LogP contribution in [0.1, 0.15) is 22.4 Å². The third-order valence-corrected chi connectivity index (χ3v) is 7.38. The smallest absolute Gasteiger partial charge is 0.225 e. The zero-order valence-corrected chi connectivity index (χ0v) is 23.0. The number of nitrogen functional groups attached to an aromatic ring is 1. The fourth-order valence-corrected chi connectivity index (χ4v) is 5.32. The summed E-state index contributed by atoms with van der Waals surface area (Å²) < 4.78 is 27.5. The minimum absolute atomic E-state index is 0.184. The quantitative estimate of drug-likeness (QED) is 0.244. The van der Waals surface area contributed by atoms with Crippen molar-refractivity contribution in [3.8, 4) is 6.07 Å². The van der Waals surface area contributed by atoms with Gasteiger partial charge in [0, 0.05) is 0 Å². The van der Waals surface area contributed by atoms with Crippen molar-refractivity contribution in [3.05, 3.63) is 132 Å². The molecule has 2 N–H and O–H groups in total. The summed E-state index contributed by atoms with van der Waals surface area (Å²) in [5, 5.41) is 15.3. The van der Waals surface area contributed by atoms with Gasteiger partial charge in [0.1, 0.15) is 36.2 Å². The lowest BCUT2D eigenvalue weighted by molar-refractivity contribution is -0.0971. The number of nitrogens with two attached hydrogens (primary N) is 1. The molecule has 1 aliphatic rings. The summed E-state index contributed by atoms with van der Waals surface area (Å²) in [5.74, 6) is 0.295. The molecule has 1 aliphatic heterocycles. The molecule has 4 atom stereocenters. The molecule has 42 heavy (non-hydrogen) atoms. The monoisotopic (exact) mass is 561 g/mol. The van der Waals surface area contributed by atoms with Gasteiger partial charge in [0.05, 0.1) is 32.1 Å². The molecule has 0 radical (unpaired) electrons. The normalized spacial score (nSPS) is 21.8. The van der Waals surface area contributed by atoms with Crippen molar-refractivity contribution in [1.29, 1.82) is 5.26 Å². The van der Waals surface area contributed by atoms with Crippen LogP contribution in [0.5, 0.6) is 0 Å². The number of aromatic nitrogens is 3. The van der Waals surface area contributed by atoms with Gasteiger partial charge in [-0.05, 0) is 28.8 Å². The van der Waals surface area contributed by atoms with Crippen LogP contribution < -0.4 is 5.73 Å². The molecular weight excluding hydrogens is 530 g/mol. The summed E-state index contributed by atoms with van der Waals surface area (Å²) in [4.78, 5) is 4.10. The summed E-state index contributed by atoms with van der Waals surface area (Å²) >= 11 is 0. The second kappa shape index (κ2) is 12.5. The van der Waals surface area contributed by atoms with E-state index in [2.05, 4.69) is 16.2 Å². The lowest BCUT2D eigenvalue weighted by atomic mass is 9.92. The van der Waals surface area contributed by atoms with E-state index in [4.69, 9.17) is 24.7 Å². The van der Waals surface area contributed by atoms with E-state index in [9.17, 15) is 5.26 Å². The molecule has 0 unspecified atom stereocenters. The molecule has 212 valence electrons. The van der Waals surface area contributed by atoms with Crippen molar-refractivity contribution in [2.24, 2.45) is 0 Å². The Balaban J connectivity index is 1.37. The fraction of sp³-hybridized carbons (Fsp3) is 0.242. The first-order chi connectivity index (χ1) is 20.7. The van der Waals surface area contributed by atoms with Crippen LogP contribution in [0, 0.1) is 11.3 Å². The highest BCUT2D eigenvalue weighted by Crippen LogP contribution is 2.44. The maximum absolute atomic E-state index is 10.9. The van der Waals surface area contributed by atoms with Gasteiger partial charge in [0.25, 0.3) is 0 Å². The zero-order chi connectivity index (χ0) is 28.8. The summed E-state index contributed by atoms with van der Waals surface area (Å²) in [6.45, 7) is 1.13. The molecule has 1 saturated heterocycles. The van der Waals surface area contributed by atoms with Gasteiger partial charge < -0.3 is 24.7 Å². The van der Waals surface area contributed by atoms with Crippen LogP contribution in [0.15, 0.2) is 109 Å². The van der Waals surface area contributed by atoms with Crippen molar-refractivity contribution in [2.75, 3.05) is 12.3 Å². The highest BCUT2D eigenvalue weighted by Gasteiger charge is 2.60. The Morgan fingerprint density at radius 3 is 2.02 bits per heavy atom. The third kappa shape index (κ3) is 5.62. The molecule has 0 bridgehead atoms. The van der Waals surface area contributed by atoms with Crippen molar-refractivity contribution >= 4 is 11.3 Å². The highest BCUT2D eigenvalue weighted by atomic mass is 16.6. The topological polar surface area (TPSA) is 117 Å². The van der Waals surface area contributed by atoms with Gasteiger partial charge in [-0.1, -0.05) is 91.0 Å². The SMILES string of the molecule is N#C[C@@]1(c2ccc3c(N)ncnn23)O[C@H](COCc2ccccc2)[C@@H](OCc2ccccc2)[C@H]1OCc1ccccc1. The first-order valence-corrected chi connectivity index (χ1v) is 13.8. The van der Waals surface area contributed by atoms with Gasteiger partial charge in [-0.25, -0.2) is 9.50 Å². The Hall–Kier alpha value is -4.59. The van der Waals surface area contributed by atoms with E-state index < -0.39 is 23.9 Å². The molecule has 2 aromatic heterocycles. The maximum Gasteiger partial charge on any atom is 0.225 e. The van der Waals surface area contributed by atoms with Gasteiger partial charge in [0.15, 0.2) is 5.82 Å². The van der Waals surface area contributed by atoms with Crippen LogP contribution in [0.2, 0.25) is 0 Å². The number of hydrogen-bond acceptors (Lipinski definition) is 8. The van der Waals surface area contributed by atoms with Crippen molar-refractivity contribution in [1.82, 2.24) is 14.6 Å². The number of rotatable bonds is 11. The fourth-order valence-electron chi connectivity index (χ4n) is 5.32. The molecule has 0 aliphatic carbocycles.